The molecule has 2 nitrogen and oxygen atoms in total. The maximum atomic E-state index is 10.8. The Labute approximate surface area is 67.2 Å². The lowest BCUT2D eigenvalue weighted by atomic mass is 10.2. The molecule has 0 rings (SSSR count). The van der Waals surface area contributed by atoms with Gasteiger partial charge in [-0.15, -0.1) is 12.3 Å². The van der Waals surface area contributed by atoms with E-state index in [-0.39, 0.29) is 18.5 Å². The molecule has 0 spiro atoms. The lowest BCUT2D eigenvalue weighted by molar-refractivity contribution is -0.139. The monoisotopic (exact) mass is 152 g/mol. The van der Waals surface area contributed by atoms with Gasteiger partial charge in [-0.1, -0.05) is 6.58 Å². The van der Waals surface area contributed by atoms with Crippen LogP contribution in [0.1, 0.15) is 13.8 Å². The molecule has 0 amide bonds. The van der Waals surface area contributed by atoms with Crippen LogP contribution in [0, 0.1) is 18.3 Å². The molecule has 0 saturated carbocycles. The molecule has 0 aromatic heterocycles. The van der Waals surface area contributed by atoms with Crippen LogP contribution < -0.4 is 0 Å². The molecule has 0 aromatic rings. The summed E-state index contributed by atoms with van der Waals surface area (Å²) in [7, 11) is 0. The van der Waals surface area contributed by atoms with Gasteiger partial charge in [0.25, 0.3) is 0 Å². The fourth-order valence-electron chi connectivity index (χ4n) is 0.372. The molecule has 0 aliphatic carbocycles. The average molecular weight is 152 g/mol. The molecule has 0 radical (unpaired) electrons. The zero-order valence-corrected chi connectivity index (χ0v) is 6.89. The number of hydrogen-bond donors (Lipinski definition) is 0. The van der Waals surface area contributed by atoms with E-state index < -0.39 is 0 Å². The van der Waals surface area contributed by atoms with Crippen molar-refractivity contribution in [3.8, 4) is 12.3 Å². The minimum Gasteiger partial charge on any atom is -0.461 e. The van der Waals surface area contributed by atoms with E-state index in [1.807, 2.05) is 6.92 Å². The summed E-state index contributed by atoms with van der Waals surface area (Å²) >= 11 is 0. The first-order valence-electron chi connectivity index (χ1n) is 3.36. The Hall–Kier alpha value is -1.23. The molecule has 0 fully saturated rings. The van der Waals surface area contributed by atoms with Crippen LogP contribution >= 0.6 is 0 Å². The number of carbonyl (C=O) groups is 1. The molecule has 0 N–H and O–H groups in total. The Morgan fingerprint density at radius 3 is 2.73 bits per heavy atom. The number of esters is 1. The van der Waals surface area contributed by atoms with E-state index in [1.165, 1.54) is 0 Å². The Balaban J connectivity index is 3.65. The van der Waals surface area contributed by atoms with E-state index >= 15 is 0 Å². The molecule has 1 unspecified atom stereocenters. The van der Waals surface area contributed by atoms with Crippen LogP contribution in [0.25, 0.3) is 0 Å². The highest BCUT2D eigenvalue weighted by atomic mass is 16.5. The van der Waals surface area contributed by atoms with Gasteiger partial charge in [0.1, 0.15) is 6.61 Å². The SMILES string of the molecule is C#CC(C)COC(=O)C(=C)C. The summed E-state index contributed by atoms with van der Waals surface area (Å²) in [6.45, 7) is 7.11. The van der Waals surface area contributed by atoms with Gasteiger partial charge in [-0.3, -0.25) is 0 Å². The second-order valence-electron chi connectivity index (χ2n) is 2.45. The Kier molecular flexibility index (Phi) is 4.05. The van der Waals surface area contributed by atoms with Crippen molar-refractivity contribution in [3.63, 3.8) is 0 Å². The van der Waals surface area contributed by atoms with E-state index in [0.717, 1.165) is 0 Å². The summed E-state index contributed by atoms with van der Waals surface area (Å²) < 4.78 is 4.78. The van der Waals surface area contributed by atoms with Crippen molar-refractivity contribution in [1.29, 1.82) is 0 Å². The second kappa shape index (κ2) is 4.56. The standard InChI is InChI=1S/C9H12O2/c1-5-8(4)6-11-9(10)7(2)3/h1,8H,2,6H2,3-4H3. The molecular formula is C9H12O2. The molecule has 60 valence electrons. The van der Waals surface area contributed by atoms with Gasteiger partial charge in [0.05, 0.1) is 5.92 Å². The maximum absolute atomic E-state index is 10.8. The van der Waals surface area contributed by atoms with Crippen molar-refractivity contribution in [2.24, 2.45) is 5.92 Å². The number of carbonyl (C=O) groups excluding carboxylic acids is 1. The number of terminal acetylenes is 1. The van der Waals surface area contributed by atoms with Gasteiger partial charge in [0.15, 0.2) is 0 Å². The molecule has 0 bridgehead atoms. The third-order valence-electron chi connectivity index (χ3n) is 1.10. The van der Waals surface area contributed by atoms with Gasteiger partial charge in [0.2, 0.25) is 0 Å². The predicted octanol–water partition coefficient (Wildman–Crippen LogP) is 1.38. The molecule has 2 heteroatoms. The van der Waals surface area contributed by atoms with E-state index in [0.29, 0.717) is 5.57 Å². The van der Waals surface area contributed by atoms with Crippen LogP contribution in [0.3, 0.4) is 0 Å². The third kappa shape index (κ3) is 4.21. The topological polar surface area (TPSA) is 26.3 Å². The average Bonchev–Trinajstić information content (AvgIpc) is 1.99. The van der Waals surface area contributed by atoms with E-state index in [9.17, 15) is 4.79 Å². The highest BCUT2D eigenvalue weighted by Gasteiger charge is 2.04. The van der Waals surface area contributed by atoms with Gasteiger partial charge >= 0.3 is 5.97 Å². The first-order valence-corrected chi connectivity index (χ1v) is 3.36. The summed E-state index contributed by atoms with van der Waals surface area (Å²) in [5, 5.41) is 0. The third-order valence-corrected chi connectivity index (χ3v) is 1.10. The molecule has 0 aliphatic rings. The van der Waals surface area contributed by atoms with Crippen LogP contribution in [0.2, 0.25) is 0 Å². The van der Waals surface area contributed by atoms with E-state index in [2.05, 4.69) is 12.5 Å². The fourth-order valence-corrected chi connectivity index (χ4v) is 0.372. The largest absolute Gasteiger partial charge is 0.461 e. The van der Waals surface area contributed by atoms with Gasteiger partial charge < -0.3 is 4.74 Å². The lowest BCUT2D eigenvalue weighted by Crippen LogP contribution is -2.10. The Morgan fingerprint density at radius 2 is 2.36 bits per heavy atom. The minimum absolute atomic E-state index is 0.0294. The van der Waals surface area contributed by atoms with Gasteiger partial charge in [-0.05, 0) is 13.8 Å². The normalized spacial score (nSPS) is 11.4. The van der Waals surface area contributed by atoms with Crippen LogP contribution in [0.5, 0.6) is 0 Å². The van der Waals surface area contributed by atoms with Gasteiger partial charge in [-0.25, -0.2) is 4.79 Å². The zero-order valence-electron chi connectivity index (χ0n) is 6.89. The summed E-state index contributed by atoms with van der Waals surface area (Å²) in [6, 6.07) is 0. The fraction of sp³-hybridized carbons (Fsp3) is 0.444. The van der Waals surface area contributed by atoms with Gasteiger partial charge in [0, 0.05) is 5.57 Å². The lowest BCUT2D eigenvalue weighted by Gasteiger charge is -2.05. The van der Waals surface area contributed by atoms with E-state index in [1.54, 1.807) is 6.92 Å². The highest BCUT2D eigenvalue weighted by molar-refractivity contribution is 5.86. The van der Waals surface area contributed by atoms with Gasteiger partial charge in [-0.2, -0.15) is 0 Å². The molecule has 0 aromatic carbocycles. The quantitative estimate of drug-likeness (QED) is 0.347. The second-order valence-corrected chi connectivity index (χ2v) is 2.45. The van der Waals surface area contributed by atoms with Crippen LogP contribution in [0.15, 0.2) is 12.2 Å². The molecule has 11 heavy (non-hydrogen) atoms. The smallest absolute Gasteiger partial charge is 0.333 e. The summed E-state index contributed by atoms with van der Waals surface area (Å²) in [4.78, 5) is 10.8. The first-order chi connectivity index (χ1) is 5.07. The summed E-state index contributed by atoms with van der Waals surface area (Å²) in [5.41, 5.74) is 0.397. The predicted molar refractivity (Wildman–Crippen MR) is 43.8 cm³/mol. The minimum atomic E-state index is -0.382. The zero-order chi connectivity index (χ0) is 8.85. The number of hydrogen-bond acceptors (Lipinski definition) is 2. The molecule has 1 atom stereocenters. The number of ether oxygens (including phenoxy) is 1. The van der Waals surface area contributed by atoms with E-state index in [4.69, 9.17) is 11.2 Å². The van der Waals surface area contributed by atoms with Crippen LogP contribution in [0.4, 0.5) is 0 Å². The Morgan fingerprint density at radius 1 is 1.82 bits per heavy atom. The Bertz CT molecular complexity index is 198. The van der Waals surface area contributed by atoms with Crippen LogP contribution in [-0.4, -0.2) is 12.6 Å². The summed E-state index contributed by atoms with van der Waals surface area (Å²) in [6.07, 6.45) is 5.07. The molecule has 0 aliphatic heterocycles. The van der Waals surface area contributed by atoms with Crippen molar-refractivity contribution >= 4 is 5.97 Å². The molecular weight excluding hydrogens is 140 g/mol. The van der Waals surface area contributed by atoms with Crippen molar-refractivity contribution in [2.45, 2.75) is 13.8 Å². The highest BCUT2D eigenvalue weighted by Crippen LogP contribution is 1.97. The maximum Gasteiger partial charge on any atom is 0.333 e. The van der Waals surface area contributed by atoms with Crippen molar-refractivity contribution in [2.75, 3.05) is 6.61 Å². The molecule has 0 saturated heterocycles. The van der Waals surface area contributed by atoms with Crippen molar-refractivity contribution in [3.05, 3.63) is 12.2 Å². The van der Waals surface area contributed by atoms with Crippen LogP contribution in [-0.2, 0) is 9.53 Å². The summed E-state index contributed by atoms with van der Waals surface area (Å²) in [5.74, 6) is 2.04. The number of rotatable bonds is 3. The van der Waals surface area contributed by atoms with Crippen molar-refractivity contribution < 1.29 is 9.53 Å². The van der Waals surface area contributed by atoms with Crippen molar-refractivity contribution in [1.82, 2.24) is 0 Å². The first kappa shape index (κ1) is 9.77. The molecule has 0 heterocycles.